The van der Waals surface area contributed by atoms with E-state index in [1.54, 1.807) is 5.57 Å². The van der Waals surface area contributed by atoms with Crippen LogP contribution in [0.2, 0.25) is 0 Å². The average molecular weight is 345 g/mol. The van der Waals surface area contributed by atoms with Gasteiger partial charge in [-0.05, 0) is 84.9 Å². The average Bonchev–Trinajstić information content (AvgIpc) is 2.93. The molecule has 3 saturated carbocycles. The second-order valence-corrected chi connectivity index (χ2v) is 11.0. The van der Waals surface area contributed by atoms with Crippen LogP contribution in [0.3, 0.4) is 0 Å². The molecule has 9 atom stereocenters. The Morgan fingerprint density at radius 3 is 2.60 bits per heavy atom. The molecule has 1 nitrogen and oxygen atoms in total. The molecule has 4 aliphatic rings. The first kappa shape index (κ1) is 18.1. The van der Waals surface area contributed by atoms with Crippen LogP contribution in [-0.4, -0.2) is 11.7 Å². The second kappa shape index (κ2) is 6.11. The molecule has 0 saturated heterocycles. The van der Waals surface area contributed by atoms with Crippen molar-refractivity contribution in [3.05, 3.63) is 11.6 Å². The molecule has 0 bridgehead atoms. The summed E-state index contributed by atoms with van der Waals surface area (Å²) < 4.78 is 0. The maximum atomic E-state index is 9.76. The highest BCUT2D eigenvalue weighted by molar-refractivity contribution is 5.27. The van der Waals surface area contributed by atoms with E-state index in [-0.39, 0.29) is 0 Å². The topological polar surface area (TPSA) is 20.2 Å². The summed E-state index contributed by atoms with van der Waals surface area (Å²) in [6.45, 7) is 12.8. The second-order valence-electron chi connectivity index (χ2n) is 11.0. The van der Waals surface area contributed by atoms with E-state index in [1.165, 1.54) is 44.9 Å². The number of aliphatic hydroxyl groups is 1. The molecule has 1 N–H and O–H groups in total. The lowest BCUT2D eigenvalue weighted by Crippen LogP contribution is -2.55. The SMILES string of the molecule is C[C@@H]1CC[C@@]2(C)[C@@H](C1)C[C@@H](C)[C@@H]1[C@@H]2CC[C@]2(C)C([C@H](C)CO)=CC[C@@H]12. The van der Waals surface area contributed by atoms with Crippen LogP contribution in [-0.2, 0) is 0 Å². The Labute approximate surface area is 155 Å². The molecule has 0 aromatic rings. The lowest BCUT2D eigenvalue weighted by Gasteiger charge is -2.63. The van der Waals surface area contributed by atoms with Crippen molar-refractivity contribution in [3.63, 3.8) is 0 Å². The Morgan fingerprint density at radius 2 is 1.88 bits per heavy atom. The van der Waals surface area contributed by atoms with Crippen molar-refractivity contribution in [1.29, 1.82) is 0 Å². The standard InChI is InChI=1S/C24H40O/c1-15-8-10-23(4)18(12-15)13-16(2)22-20-7-6-19(17(3)14-25)24(20,5)11-9-21(22)23/h6,15-18,20-22,25H,7-14H2,1-5H3/t15-,16-,17-,18+,20+,21+,22+,23+,24-/m1/s1. The molecule has 25 heavy (non-hydrogen) atoms. The van der Waals surface area contributed by atoms with Gasteiger partial charge >= 0.3 is 0 Å². The quantitative estimate of drug-likeness (QED) is 0.602. The fourth-order valence-corrected chi connectivity index (χ4v) is 8.32. The van der Waals surface area contributed by atoms with Gasteiger partial charge in [0.05, 0.1) is 0 Å². The molecule has 0 amide bonds. The van der Waals surface area contributed by atoms with Crippen molar-refractivity contribution in [3.8, 4) is 0 Å². The van der Waals surface area contributed by atoms with Gasteiger partial charge < -0.3 is 5.11 Å². The third-order valence-corrected chi connectivity index (χ3v) is 9.73. The summed E-state index contributed by atoms with van der Waals surface area (Å²) in [7, 11) is 0. The number of fused-ring (bicyclic) bond motifs is 5. The van der Waals surface area contributed by atoms with Crippen molar-refractivity contribution in [1.82, 2.24) is 0 Å². The minimum Gasteiger partial charge on any atom is -0.396 e. The number of allylic oxidation sites excluding steroid dienone is 1. The van der Waals surface area contributed by atoms with Gasteiger partial charge in [-0.3, -0.25) is 0 Å². The van der Waals surface area contributed by atoms with E-state index in [2.05, 4.69) is 40.7 Å². The van der Waals surface area contributed by atoms with E-state index in [1.807, 2.05) is 0 Å². The van der Waals surface area contributed by atoms with Gasteiger partial charge in [0.1, 0.15) is 0 Å². The maximum Gasteiger partial charge on any atom is 0.0494 e. The van der Waals surface area contributed by atoms with Crippen LogP contribution in [0.4, 0.5) is 0 Å². The molecule has 142 valence electrons. The van der Waals surface area contributed by atoms with Gasteiger partial charge in [0.2, 0.25) is 0 Å². The van der Waals surface area contributed by atoms with Gasteiger partial charge in [0, 0.05) is 12.5 Å². The Morgan fingerprint density at radius 1 is 1.12 bits per heavy atom. The molecular weight excluding hydrogens is 304 g/mol. The first-order valence-corrected chi connectivity index (χ1v) is 11.1. The molecular formula is C24H40O. The summed E-state index contributed by atoms with van der Waals surface area (Å²) in [6.07, 6.45) is 12.5. The predicted octanol–water partition coefficient (Wildman–Crippen LogP) is 6.08. The van der Waals surface area contributed by atoms with E-state index in [0.29, 0.717) is 23.4 Å². The largest absolute Gasteiger partial charge is 0.396 e. The van der Waals surface area contributed by atoms with Gasteiger partial charge in [-0.25, -0.2) is 0 Å². The van der Waals surface area contributed by atoms with Crippen molar-refractivity contribution in [2.45, 2.75) is 79.6 Å². The third-order valence-electron chi connectivity index (χ3n) is 9.73. The zero-order valence-electron chi connectivity index (χ0n) is 17.2. The number of rotatable bonds is 2. The van der Waals surface area contributed by atoms with E-state index in [0.717, 1.165) is 35.5 Å². The van der Waals surface area contributed by atoms with E-state index in [9.17, 15) is 5.11 Å². The summed E-state index contributed by atoms with van der Waals surface area (Å²) >= 11 is 0. The first-order chi connectivity index (χ1) is 11.8. The Kier molecular flexibility index (Phi) is 4.42. The molecule has 0 heterocycles. The number of hydrogen-bond donors (Lipinski definition) is 1. The highest BCUT2D eigenvalue weighted by atomic mass is 16.3. The molecule has 0 aliphatic heterocycles. The van der Waals surface area contributed by atoms with Gasteiger partial charge in [-0.2, -0.15) is 0 Å². The lowest BCUT2D eigenvalue weighted by molar-refractivity contribution is -0.131. The molecule has 0 radical (unpaired) electrons. The van der Waals surface area contributed by atoms with E-state index >= 15 is 0 Å². The predicted molar refractivity (Wildman–Crippen MR) is 105 cm³/mol. The van der Waals surface area contributed by atoms with Gasteiger partial charge in [0.25, 0.3) is 0 Å². The molecule has 3 fully saturated rings. The van der Waals surface area contributed by atoms with Crippen LogP contribution in [0.5, 0.6) is 0 Å². The Balaban J connectivity index is 1.64. The Hall–Kier alpha value is -0.300. The normalized spacial score (nSPS) is 53.4. The van der Waals surface area contributed by atoms with E-state index in [4.69, 9.17) is 0 Å². The van der Waals surface area contributed by atoms with E-state index < -0.39 is 0 Å². The van der Waals surface area contributed by atoms with Gasteiger partial charge in [-0.1, -0.05) is 52.7 Å². The van der Waals surface area contributed by atoms with Crippen molar-refractivity contribution in [2.75, 3.05) is 6.61 Å². The monoisotopic (exact) mass is 344 g/mol. The number of aliphatic hydroxyl groups excluding tert-OH is 1. The van der Waals surface area contributed by atoms with Crippen molar-refractivity contribution >= 4 is 0 Å². The van der Waals surface area contributed by atoms with Crippen LogP contribution in [0.1, 0.15) is 79.6 Å². The fourth-order valence-electron chi connectivity index (χ4n) is 8.32. The highest BCUT2D eigenvalue weighted by Crippen LogP contribution is 2.68. The lowest BCUT2D eigenvalue weighted by atomic mass is 9.42. The fraction of sp³-hybridized carbons (Fsp3) is 0.917. The molecule has 0 aromatic carbocycles. The minimum atomic E-state index is 0.315. The minimum absolute atomic E-state index is 0.315. The number of hydrogen-bond acceptors (Lipinski definition) is 1. The summed E-state index contributed by atoms with van der Waals surface area (Å²) in [5, 5.41) is 9.76. The molecule has 1 heteroatoms. The summed E-state index contributed by atoms with van der Waals surface area (Å²) in [4.78, 5) is 0. The highest BCUT2D eigenvalue weighted by Gasteiger charge is 2.60. The van der Waals surface area contributed by atoms with Crippen LogP contribution in [0.15, 0.2) is 11.6 Å². The van der Waals surface area contributed by atoms with Crippen LogP contribution in [0, 0.1) is 52.3 Å². The molecule has 0 spiro atoms. The molecule has 0 unspecified atom stereocenters. The first-order valence-electron chi connectivity index (χ1n) is 11.1. The van der Waals surface area contributed by atoms with Crippen molar-refractivity contribution < 1.29 is 5.11 Å². The van der Waals surface area contributed by atoms with Crippen LogP contribution >= 0.6 is 0 Å². The Bertz CT molecular complexity index is 550. The molecule has 0 aromatic heterocycles. The zero-order chi connectivity index (χ0) is 18.0. The van der Waals surface area contributed by atoms with Crippen LogP contribution < -0.4 is 0 Å². The third kappa shape index (κ3) is 2.51. The van der Waals surface area contributed by atoms with Gasteiger partial charge in [-0.15, -0.1) is 0 Å². The molecule has 4 aliphatic carbocycles. The summed E-state index contributed by atoms with van der Waals surface area (Å²) in [6, 6.07) is 0. The molecule has 4 rings (SSSR count). The maximum absolute atomic E-state index is 9.76. The smallest absolute Gasteiger partial charge is 0.0494 e. The summed E-state index contributed by atoms with van der Waals surface area (Å²) in [5.74, 6) is 5.85. The van der Waals surface area contributed by atoms with Crippen LogP contribution in [0.25, 0.3) is 0 Å². The zero-order valence-corrected chi connectivity index (χ0v) is 17.2. The van der Waals surface area contributed by atoms with Crippen molar-refractivity contribution in [2.24, 2.45) is 52.3 Å². The van der Waals surface area contributed by atoms with Gasteiger partial charge in [0.15, 0.2) is 0 Å². The summed E-state index contributed by atoms with van der Waals surface area (Å²) in [5.41, 5.74) is 2.56.